The average Bonchev–Trinajstić information content (AvgIpc) is 2.83. The lowest BCUT2D eigenvalue weighted by Crippen LogP contribution is -2.37. The highest BCUT2D eigenvalue weighted by atomic mass is 16.5. The SMILES string of the molecule is CCCNC(=O)CNC(=O)c1cc(C(=O)O)on1. The number of hydrogen-bond acceptors (Lipinski definition) is 5. The fourth-order valence-electron chi connectivity index (χ4n) is 1.06. The van der Waals surface area contributed by atoms with E-state index in [1.807, 2.05) is 6.92 Å². The Bertz CT molecular complexity index is 454. The number of rotatable bonds is 6. The van der Waals surface area contributed by atoms with Crippen molar-refractivity contribution in [3.05, 3.63) is 17.5 Å². The van der Waals surface area contributed by atoms with Crippen molar-refractivity contribution >= 4 is 17.8 Å². The van der Waals surface area contributed by atoms with E-state index in [0.717, 1.165) is 12.5 Å². The molecule has 0 saturated carbocycles. The molecule has 8 heteroatoms. The van der Waals surface area contributed by atoms with Crippen LogP contribution in [0.3, 0.4) is 0 Å². The minimum absolute atomic E-state index is 0.185. The van der Waals surface area contributed by atoms with Crippen LogP contribution in [0.25, 0.3) is 0 Å². The molecule has 0 fully saturated rings. The fourth-order valence-corrected chi connectivity index (χ4v) is 1.06. The molecule has 0 aliphatic rings. The number of aromatic nitrogens is 1. The van der Waals surface area contributed by atoms with E-state index < -0.39 is 17.6 Å². The van der Waals surface area contributed by atoms with Crippen LogP contribution >= 0.6 is 0 Å². The molecule has 0 unspecified atom stereocenters. The second-order valence-corrected chi connectivity index (χ2v) is 3.41. The first-order chi connectivity index (χ1) is 8.54. The van der Waals surface area contributed by atoms with Gasteiger partial charge in [-0.3, -0.25) is 9.59 Å². The highest BCUT2D eigenvalue weighted by Crippen LogP contribution is 2.02. The monoisotopic (exact) mass is 255 g/mol. The molecule has 1 rings (SSSR count). The number of aromatic carboxylic acids is 1. The number of nitrogens with one attached hydrogen (secondary N) is 2. The Hall–Kier alpha value is -2.38. The first-order valence-electron chi connectivity index (χ1n) is 5.29. The van der Waals surface area contributed by atoms with Crippen molar-refractivity contribution in [2.75, 3.05) is 13.1 Å². The molecule has 0 aliphatic heterocycles. The van der Waals surface area contributed by atoms with Crippen LogP contribution in [0.5, 0.6) is 0 Å². The smallest absolute Gasteiger partial charge is 0.374 e. The van der Waals surface area contributed by atoms with Gasteiger partial charge in [-0.25, -0.2) is 4.79 Å². The third-order valence-electron chi connectivity index (χ3n) is 1.94. The van der Waals surface area contributed by atoms with Crippen LogP contribution in [-0.4, -0.2) is 41.1 Å². The van der Waals surface area contributed by atoms with Crippen LogP contribution in [0.1, 0.15) is 34.4 Å². The normalized spacial score (nSPS) is 9.83. The first kappa shape index (κ1) is 13.7. The van der Waals surface area contributed by atoms with Gasteiger partial charge in [0, 0.05) is 12.6 Å². The first-order valence-corrected chi connectivity index (χ1v) is 5.29. The molecule has 1 aromatic heterocycles. The summed E-state index contributed by atoms with van der Waals surface area (Å²) >= 11 is 0. The summed E-state index contributed by atoms with van der Waals surface area (Å²) in [5.41, 5.74) is -0.185. The summed E-state index contributed by atoms with van der Waals surface area (Å²) in [6, 6.07) is 0.988. The van der Waals surface area contributed by atoms with Crippen LogP contribution in [0.15, 0.2) is 10.6 Å². The molecule has 0 spiro atoms. The van der Waals surface area contributed by atoms with Gasteiger partial charge in [-0.05, 0) is 6.42 Å². The van der Waals surface area contributed by atoms with Crippen molar-refractivity contribution < 1.29 is 24.0 Å². The lowest BCUT2D eigenvalue weighted by atomic mass is 10.3. The zero-order valence-corrected chi connectivity index (χ0v) is 9.73. The predicted octanol–water partition coefficient (Wildman–Crippen LogP) is -0.371. The van der Waals surface area contributed by atoms with Crippen molar-refractivity contribution in [1.29, 1.82) is 0 Å². The average molecular weight is 255 g/mol. The van der Waals surface area contributed by atoms with Crippen LogP contribution in [0.2, 0.25) is 0 Å². The number of nitrogens with zero attached hydrogens (tertiary/aromatic N) is 1. The molecule has 1 aromatic rings. The van der Waals surface area contributed by atoms with Gasteiger partial charge >= 0.3 is 5.97 Å². The quantitative estimate of drug-likeness (QED) is 0.637. The summed E-state index contributed by atoms with van der Waals surface area (Å²) < 4.78 is 4.41. The van der Waals surface area contributed by atoms with Crippen LogP contribution < -0.4 is 10.6 Å². The third-order valence-corrected chi connectivity index (χ3v) is 1.94. The maximum absolute atomic E-state index is 11.5. The van der Waals surface area contributed by atoms with Gasteiger partial charge in [0.1, 0.15) is 0 Å². The molecule has 3 N–H and O–H groups in total. The van der Waals surface area contributed by atoms with Gasteiger partial charge in [0.15, 0.2) is 5.69 Å². The molecule has 0 saturated heterocycles. The molecule has 0 bridgehead atoms. The zero-order chi connectivity index (χ0) is 13.5. The Morgan fingerprint density at radius 2 is 2.11 bits per heavy atom. The molecule has 0 atom stereocenters. The van der Waals surface area contributed by atoms with E-state index in [9.17, 15) is 14.4 Å². The highest BCUT2D eigenvalue weighted by Gasteiger charge is 2.16. The van der Waals surface area contributed by atoms with Gasteiger partial charge in [-0.2, -0.15) is 0 Å². The van der Waals surface area contributed by atoms with Crippen molar-refractivity contribution in [2.45, 2.75) is 13.3 Å². The number of carboxylic acids is 1. The van der Waals surface area contributed by atoms with E-state index in [0.29, 0.717) is 6.54 Å². The molecule has 98 valence electrons. The van der Waals surface area contributed by atoms with Crippen molar-refractivity contribution in [3.63, 3.8) is 0 Å². The standard InChI is InChI=1S/C10H13N3O5/c1-2-3-11-8(14)5-12-9(15)6-4-7(10(16)17)18-13-6/h4H,2-3,5H2,1H3,(H,11,14)(H,12,15)(H,16,17). The Balaban J connectivity index is 2.45. The van der Waals surface area contributed by atoms with Gasteiger partial charge in [0.2, 0.25) is 11.7 Å². The predicted molar refractivity (Wildman–Crippen MR) is 59.1 cm³/mol. The number of hydrogen-bond donors (Lipinski definition) is 3. The van der Waals surface area contributed by atoms with E-state index >= 15 is 0 Å². The highest BCUT2D eigenvalue weighted by molar-refractivity contribution is 5.96. The number of carboxylic acid groups (broad SMARTS) is 1. The Morgan fingerprint density at radius 1 is 1.39 bits per heavy atom. The lowest BCUT2D eigenvalue weighted by molar-refractivity contribution is -0.120. The molecular formula is C10H13N3O5. The number of carbonyl (C=O) groups is 3. The summed E-state index contributed by atoms with van der Waals surface area (Å²) in [5, 5.41) is 16.7. The molecule has 0 aromatic carbocycles. The van der Waals surface area contributed by atoms with E-state index in [1.54, 1.807) is 0 Å². The molecule has 2 amide bonds. The topological polar surface area (TPSA) is 122 Å². The minimum Gasteiger partial charge on any atom is -0.475 e. The van der Waals surface area contributed by atoms with Crippen LogP contribution in [0.4, 0.5) is 0 Å². The van der Waals surface area contributed by atoms with Gasteiger partial charge in [-0.15, -0.1) is 0 Å². The third kappa shape index (κ3) is 3.89. The Labute approximate surface area is 102 Å². The lowest BCUT2D eigenvalue weighted by Gasteiger charge is -2.03. The van der Waals surface area contributed by atoms with Crippen molar-refractivity contribution in [1.82, 2.24) is 15.8 Å². The van der Waals surface area contributed by atoms with Crippen molar-refractivity contribution in [3.8, 4) is 0 Å². The molecule has 8 nitrogen and oxygen atoms in total. The summed E-state index contributed by atoms with van der Waals surface area (Å²) in [6.07, 6.45) is 0.797. The van der Waals surface area contributed by atoms with Gasteiger partial charge in [0.25, 0.3) is 5.91 Å². The molecule has 0 aliphatic carbocycles. The largest absolute Gasteiger partial charge is 0.475 e. The Morgan fingerprint density at radius 3 is 2.67 bits per heavy atom. The number of amides is 2. The molecule has 0 radical (unpaired) electrons. The van der Waals surface area contributed by atoms with E-state index in [-0.39, 0.29) is 18.1 Å². The van der Waals surface area contributed by atoms with Crippen LogP contribution in [0, 0.1) is 0 Å². The molecule has 18 heavy (non-hydrogen) atoms. The second-order valence-electron chi connectivity index (χ2n) is 3.41. The van der Waals surface area contributed by atoms with Gasteiger partial charge in [-0.1, -0.05) is 12.1 Å². The fraction of sp³-hybridized carbons (Fsp3) is 0.400. The van der Waals surface area contributed by atoms with Gasteiger partial charge < -0.3 is 20.3 Å². The summed E-state index contributed by atoms with van der Waals surface area (Å²) in [6.45, 7) is 2.23. The summed E-state index contributed by atoms with van der Waals surface area (Å²) in [7, 11) is 0. The van der Waals surface area contributed by atoms with E-state index in [4.69, 9.17) is 5.11 Å². The maximum atomic E-state index is 11.5. The van der Waals surface area contributed by atoms with Gasteiger partial charge in [0.05, 0.1) is 6.54 Å². The second kappa shape index (κ2) is 6.38. The minimum atomic E-state index is -1.32. The van der Waals surface area contributed by atoms with Crippen LogP contribution in [-0.2, 0) is 4.79 Å². The van der Waals surface area contributed by atoms with E-state index in [2.05, 4.69) is 20.3 Å². The summed E-state index contributed by atoms with van der Waals surface area (Å²) in [5.74, 6) is -2.75. The van der Waals surface area contributed by atoms with E-state index in [1.165, 1.54) is 0 Å². The molecule has 1 heterocycles. The number of carbonyl (C=O) groups excluding carboxylic acids is 2. The maximum Gasteiger partial charge on any atom is 0.374 e. The zero-order valence-electron chi connectivity index (χ0n) is 9.73. The van der Waals surface area contributed by atoms with Crippen molar-refractivity contribution in [2.24, 2.45) is 0 Å². The molecular weight excluding hydrogens is 242 g/mol. The Kier molecular flexibility index (Phi) is 4.85. The summed E-state index contributed by atoms with van der Waals surface area (Å²) in [4.78, 5) is 33.1.